The van der Waals surface area contributed by atoms with Gasteiger partial charge < -0.3 is 0 Å². The molecule has 0 unspecified atom stereocenters. The number of carbonyl (C=O) groups is 1. The molecule has 18 heavy (non-hydrogen) atoms. The van der Waals surface area contributed by atoms with E-state index in [2.05, 4.69) is 20.9 Å². The van der Waals surface area contributed by atoms with Crippen LogP contribution in [0.25, 0.3) is 0 Å². The fraction of sp³-hybridized carbons (Fsp3) is 0.143. The number of rotatable bonds is 4. The van der Waals surface area contributed by atoms with E-state index in [1.165, 1.54) is 12.1 Å². The molecule has 0 bridgehead atoms. The number of pyridine rings is 1. The Morgan fingerprint density at radius 1 is 1.33 bits per heavy atom. The maximum atomic E-state index is 13.5. The number of carbonyl (C=O) groups excluding carboxylic acids is 1. The minimum absolute atomic E-state index is 0.133. The van der Waals surface area contributed by atoms with Crippen LogP contribution in [0.4, 0.5) is 4.39 Å². The summed E-state index contributed by atoms with van der Waals surface area (Å²) in [6, 6.07) is 8.10. The number of halogens is 2. The van der Waals surface area contributed by atoms with Crippen LogP contribution in [0.2, 0.25) is 0 Å². The largest absolute Gasteiger partial charge is 0.294 e. The van der Waals surface area contributed by atoms with Crippen molar-refractivity contribution in [3.63, 3.8) is 0 Å². The van der Waals surface area contributed by atoms with E-state index in [1.54, 1.807) is 18.5 Å². The topological polar surface area (TPSA) is 30.0 Å². The van der Waals surface area contributed by atoms with Crippen molar-refractivity contribution < 1.29 is 9.18 Å². The van der Waals surface area contributed by atoms with Crippen molar-refractivity contribution >= 4 is 21.7 Å². The zero-order valence-corrected chi connectivity index (χ0v) is 11.2. The first-order valence-electron chi connectivity index (χ1n) is 5.54. The van der Waals surface area contributed by atoms with Crippen LogP contribution in [0.1, 0.15) is 22.3 Å². The van der Waals surface area contributed by atoms with E-state index in [9.17, 15) is 9.18 Å². The summed E-state index contributed by atoms with van der Waals surface area (Å²) in [5, 5.41) is 0. The van der Waals surface area contributed by atoms with Gasteiger partial charge in [-0.05, 0) is 36.2 Å². The average molecular weight is 308 g/mol. The van der Waals surface area contributed by atoms with Gasteiger partial charge in [-0.3, -0.25) is 9.78 Å². The number of benzene rings is 1. The van der Waals surface area contributed by atoms with E-state index in [0.29, 0.717) is 10.9 Å². The zero-order chi connectivity index (χ0) is 13.0. The van der Waals surface area contributed by atoms with E-state index in [4.69, 9.17) is 0 Å². The summed E-state index contributed by atoms with van der Waals surface area (Å²) in [4.78, 5) is 15.9. The van der Waals surface area contributed by atoms with Gasteiger partial charge in [0.1, 0.15) is 5.82 Å². The van der Waals surface area contributed by atoms with Crippen molar-refractivity contribution in [2.24, 2.45) is 0 Å². The Morgan fingerprint density at radius 3 is 2.89 bits per heavy atom. The highest BCUT2D eigenvalue weighted by Crippen LogP contribution is 2.17. The van der Waals surface area contributed by atoms with Gasteiger partial charge in [0, 0.05) is 23.3 Å². The summed E-state index contributed by atoms with van der Waals surface area (Å²) in [5.74, 6) is -0.674. The molecule has 0 amide bonds. The number of nitrogens with zero attached hydrogens (tertiary/aromatic N) is 1. The molecule has 2 nitrogen and oxygen atoms in total. The van der Waals surface area contributed by atoms with Gasteiger partial charge in [-0.25, -0.2) is 4.39 Å². The molecule has 92 valence electrons. The van der Waals surface area contributed by atoms with Crippen molar-refractivity contribution in [1.29, 1.82) is 0 Å². The van der Waals surface area contributed by atoms with E-state index in [1.807, 2.05) is 12.1 Å². The maximum Gasteiger partial charge on any atom is 0.166 e. The van der Waals surface area contributed by atoms with Crippen LogP contribution >= 0.6 is 15.9 Å². The third-order valence-corrected chi connectivity index (χ3v) is 3.09. The lowest BCUT2D eigenvalue weighted by molar-refractivity contribution is 0.0979. The number of Topliss-reactive ketones (excluding diaryl/α,β-unsaturated/α-hetero) is 1. The quantitative estimate of drug-likeness (QED) is 0.804. The van der Waals surface area contributed by atoms with Gasteiger partial charge in [-0.1, -0.05) is 22.0 Å². The number of aryl methyl sites for hydroxylation is 1. The van der Waals surface area contributed by atoms with E-state index >= 15 is 0 Å². The predicted octanol–water partition coefficient (Wildman–Crippen LogP) is 3.80. The Kier molecular flexibility index (Phi) is 4.20. The second-order valence-corrected chi connectivity index (χ2v) is 4.82. The van der Waals surface area contributed by atoms with Crippen LogP contribution in [-0.4, -0.2) is 10.8 Å². The number of hydrogen-bond donors (Lipinski definition) is 0. The molecule has 0 radical (unpaired) electrons. The fourth-order valence-corrected chi connectivity index (χ4v) is 2.01. The normalized spacial score (nSPS) is 10.3. The van der Waals surface area contributed by atoms with Gasteiger partial charge in [0.2, 0.25) is 0 Å². The van der Waals surface area contributed by atoms with E-state index in [0.717, 1.165) is 5.56 Å². The van der Waals surface area contributed by atoms with Gasteiger partial charge in [0.05, 0.1) is 5.56 Å². The molecule has 1 heterocycles. The van der Waals surface area contributed by atoms with E-state index < -0.39 is 5.82 Å². The third-order valence-electron chi connectivity index (χ3n) is 2.59. The summed E-state index contributed by atoms with van der Waals surface area (Å²) in [7, 11) is 0. The average Bonchev–Trinajstić information content (AvgIpc) is 2.40. The summed E-state index contributed by atoms with van der Waals surface area (Å²) < 4.78 is 14.2. The highest BCUT2D eigenvalue weighted by molar-refractivity contribution is 9.10. The first-order valence-corrected chi connectivity index (χ1v) is 6.33. The monoisotopic (exact) mass is 307 g/mol. The number of ketones is 1. The van der Waals surface area contributed by atoms with Crippen LogP contribution in [0.15, 0.2) is 47.2 Å². The summed E-state index contributed by atoms with van der Waals surface area (Å²) >= 11 is 3.23. The number of hydrogen-bond acceptors (Lipinski definition) is 2. The molecule has 1 aromatic heterocycles. The van der Waals surface area contributed by atoms with Gasteiger partial charge in [0.25, 0.3) is 0 Å². The van der Waals surface area contributed by atoms with Crippen LogP contribution in [0, 0.1) is 5.82 Å². The van der Waals surface area contributed by atoms with Gasteiger partial charge in [0.15, 0.2) is 5.78 Å². The highest BCUT2D eigenvalue weighted by Gasteiger charge is 2.12. The first kappa shape index (κ1) is 12.9. The maximum absolute atomic E-state index is 13.5. The molecule has 0 saturated heterocycles. The molecule has 0 N–H and O–H groups in total. The SMILES string of the molecule is O=C(CCc1cccnc1)c1cc(Br)ccc1F. The molecule has 0 spiro atoms. The molecular formula is C14H11BrFNO. The molecule has 0 aliphatic carbocycles. The van der Waals surface area contributed by atoms with Crippen LogP contribution in [-0.2, 0) is 6.42 Å². The molecular weight excluding hydrogens is 297 g/mol. The summed E-state index contributed by atoms with van der Waals surface area (Å²) in [5.41, 5.74) is 1.11. The molecule has 2 aromatic rings. The summed E-state index contributed by atoms with van der Waals surface area (Å²) in [6.45, 7) is 0. The Bertz CT molecular complexity index is 557. The van der Waals surface area contributed by atoms with Crippen molar-refractivity contribution in [2.45, 2.75) is 12.8 Å². The molecule has 1 aromatic carbocycles. The molecule has 4 heteroatoms. The first-order chi connectivity index (χ1) is 8.66. The Labute approximate surface area is 113 Å². The Hall–Kier alpha value is -1.55. The minimum atomic E-state index is -0.477. The third kappa shape index (κ3) is 3.23. The summed E-state index contributed by atoms with van der Waals surface area (Å²) in [6.07, 6.45) is 4.24. The molecule has 0 aliphatic heterocycles. The van der Waals surface area contributed by atoms with Crippen LogP contribution < -0.4 is 0 Å². The second-order valence-electron chi connectivity index (χ2n) is 3.91. The molecule has 0 atom stereocenters. The van der Waals surface area contributed by atoms with Gasteiger partial charge in [-0.2, -0.15) is 0 Å². The predicted molar refractivity (Wildman–Crippen MR) is 71.0 cm³/mol. The Morgan fingerprint density at radius 2 is 2.17 bits per heavy atom. The standard InChI is InChI=1S/C14H11BrFNO/c15-11-4-5-13(16)12(8-11)14(18)6-3-10-2-1-7-17-9-10/h1-2,4-5,7-9H,3,6H2. The van der Waals surface area contributed by atoms with Crippen molar-refractivity contribution in [3.05, 3.63) is 64.1 Å². The molecule has 2 rings (SSSR count). The Balaban J connectivity index is 2.06. The molecule has 0 saturated carbocycles. The van der Waals surface area contributed by atoms with Gasteiger partial charge >= 0.3 is 0 Å². The fourth-order valence-electron chi connectivity index (χ4n) is 1.65. The molecule has 0 aliphatic rings. The minimum Gasteiger partial charge on any atom is -0.294 e. The van der Waals surface area contributed by atoms with Crippen LogP contribution in [0.5, 0.6) is 0 Å². The van der Waals surface area contributed by atoms with Crippen molar-refractivity contribution in [2.75, 3.05) is 0 Å². The highest BCUT2D eigenvalue weighted by atomic mass is 79.9. The zero-order valence-electron chi connectivity index (χ0n) is 9.57. The second kappa shape index (κ2) is 5.87. The van der Waals surface area contributed by atoms with Crippen LogP contribution in [0.3, 0.4) is 0 Å². The van der Waals surface area contributed by atoms with Gasteiger partial charge in [-0.15, -0.1) is 0 Å². The lowest BCUT2D eigenvalue weighted by Crippen LogP contribution is -2.04. The molecule has 0 fully saturated rings. The lowest BCUT2D eigenvalue weighted by atomic mass is 10.0. The van der Waals surface area contributed by atoms with E-state index in [-0.39, 0.29) is 17.8 Å². The van der Waals surface area contributed by atoms with Crippen molar-refractivity contribution in [3.8, 4) is 0 Å². The smallest absolute Gasteiger partial charge is 0.166 e. The van der Waals surface area contributed by atoms with Crippen molar-refractivity contribution in [1.82, 2.24) is 4.98 Å². The number of aromatic nitrogens is 1. The lowest BCUT2D eigenvalue weighted by Gasteiger charge is -2.03.